The molecule has 7 rings (SSSR count). The summed E-state index contributed by atoms with van der Waals surface area (Å²) >= 11 is 0. The number of aryl methyl sites for hydroxylation is 1. The quantitative estimate of drug-likeness (QED) is 0.212. The van der Waals surface area contributed by atoms with Gasteiger partial charge < -0.3 is 0 Å². The topological polar surface area (TPSA) is 0 Å². The fraction of sp³-hybridized carbons (Fsp3) is 0.176. The number of rotatable bonds is 0. The zero-order valence-corrected chi connectivity index (χ0v) is 19.6. The molecule has 0 saturated heterocycles. The van der Waals surface area contributed by atoms with Crippen LogP contribution in [0, 0.1) is 5.92 Å². The van der Waals surface area contributed by atoms with Crippen LogP contribution in [0.1, 0.15) is 48.4 Å². The highest BCUT2D eigenvalue weighted by Crippen LogP contribution is 2.44. The molecular weight excluding hydrogens is 408 g/mol. The van der Waals surface area contributed by atoms with Gasteiger partial charge in [-0.05, 0) is 104 Å². The second kappa shape index (κ2) is 7.71. The fourth-order valence-corrected chi connectivity index (χ4v) is 6.29. The molecule has 2 aliphatic carbocycles. The summed E-state index contributed by atoms with van der Waals surface area (Å²) in [6.45, 7) is 2.38. The molecule has 0 aliphatic heterocycles. The van der Waals surface area contributed by atoms with Gasteiger partial charge in [0, 0.05) is 0 Å². The summed E-state index contributed by atoms with van der Waals surface area (Å²) in [6.07, 6.45) is 9.66. The van der Waals surface area contributed by atoms with Crippen LogP contribution in [0.15, 0.2) is 96.6 Å². The van der Waals surface area contributed by atoms with Crippen molar-refractivity contribution in [2.75, 3.05) is 0 Å². The lowest BCUT2D eigenvalue weighted by molar-refractivity contribution is 0.680. The van der Waals surface area contributed by atoms with Gasteiger partial charge in [0.2, 0.25) is 0 Å². The Morgan fingerprint density at radius 2 is 1.32 bits per heavy atom. The number of hydrogen-bond acceptors (Lipinski definition) is 0. The van der Waals surface area contributed by atoms with E-state index >= 15 is 0 Å². The lowest BCUT2D eigenvalue weighted by atomic mass is 9.79. The molecule has 0 N–H and O–H groups in total. The molecule has 0 spiro atoms. The average Bonchev–Trinajstić information content (AvgIpc) is 3.00. The zero-order chi connectivity index (χ0) is 22.6. The van der Waals surface area contributed by atoms with Gasteiger partial charge in [-0.1, -0.05) is 97.4 Å². The van der Waals surface area contributed by atoms with Crippen LogP contribution >= 0.6 is 0 Å². The molecular formula is C34H28. The Hall–Kier alpha value is -3.64. The lowest BCUT2D eigenvalue weighted by Crippen LogP contribution is -2.07. The molecule has 5 aromatic carbocycles. The van der Waals surface area contributed by atoms with Crippen molar-refractivity contribution in [3.63, 3.8) is 0 Å². The van der Waals surface area contributed by atoms with E-state index in [0.29, 0.717) is 5.92 Å². The smallest absolute Gasteiger partial charge is 0.00389 e. The minimum Gasteiger partial charge on any atom is -0.0770 e. The van der Waals surface area contributed by atoms with E-state index in [4.69, 9.17) is 0 Å². The third kappa shape index (κ3) is 2.98. The molecule has 0 amide bonds. The minimum absolute atomic E-state index is 0.444. The van der Waals surface area contributed by atoms with Crippen molar-refractivity contribution in [2.24, 2.45) is 5.92 Å². The molecule has 0 fully saturated rings. The van der Waals surface area contributed by atoms with Crippen LogP contribution in [0.5, 0.6) is 0 Å². The molecule has 0 heteroatoms. The van der Waals surface area contributed by atoms with Crippen molar-refractivity contribution < 1.29 is 0 Å². The largest absolute Gasteiger partial charge is 0.0770 e. The van der Waals surface area contributed by atoms with Crippen LogP contribution < -0.4 is 0 Å². The maximum absolute atomic E-state index is 2.51. The molecule has 0 nitrogen and oxygen atoms in total. The second-order valence-corrected chi connectivity index (χ2v) is 10.0. The molecule has 0 radical (unpaired) electrons. The molecule has 1 atom stereocenters. The van der Waals surface area contributed by atoms with E-state index < -0.39 is 0 Å². The standard InChI is InChI=1S/C34H28/c1-22-14-18-30-28-12-6-2-9-24(28)17-19-31(30)34-27(22)11-5-4-10-25-20-32-26(21-33(25)34)16-15-23-8-3-7-13-29(23)32/h2-3,6-9,12-22H,4-5,10-11H2,1H3. The van der Waals surface area contributed by atoms with Crippen molar-refractivity contribution >= 4 is 44.0 Å². The maximum atomic E-state index is 2.51. The van der Waals surface area contributed by atoms with Gasteiger partial charge in [0.05, 0.1) is 0 Å². The van der Waals surface area contributed by atoms with E-state index in [1.54, 1.807) is 5.57 Å². The van der Waals surface area contributed by atoms with Crippen molar-refractivity contribution in [1.82, 2.24) is 0 Å². The highest BCUT2D eigenvalue weighted by atomic mass is 14.3. The number of benzene rings is 5. The molecule has 0 heterocycles. The van der Waals surface area contributed by atoms with E-state index in [2.05, 4.69) is 104 Å². The Bertz CT molecular complexity index is 1660. The van der Waals surface area contributed by atoms with Crippen LogP contribution in [0.3, 0.4) is 0 Å². The van der Waals surface area contributed by atoms with Crippen molar-refractivity contribution in [1.29, 1.82) is 0 Å². The summed E-state index contributed by atoms with van der Waals surface area (Å²) in [5.74, 6) is 0.444. The van der Waals surface area contributed by atoms with Gasteiger partial charge in [-0.15, -0.1) is 0 Å². The molecule has 34 heavy (non-hydrogen) atoms. The van der Waals surface area contributed by atoms with E-state index in [1.165, 1.54) is 79.4 Å². The molecule has 164 valence electrons. The summed E-state index contributed by atoms with van der Waals surface area (Å²) in [4.78, 5) is 0. The van der Waals surface area contributed by atoms with Gasteiger partial charge in [0.15, 0.2) is 0 Å². The first-order valence-electron chi connectivity index (χ1n) is 12.7. The van der Waals surface area contributed by atoms with Crippen molar-refractivity contribution in [3.05, 3.63) is 119 Å². The average molecular weight is 437 g/mol. The van der Waals surface area contributed by atoms with Crippen molar-refractivity contribution in [3.8, 4) is 0 Å². The Labute approximate surface area is 201 Å². The van der Waals surface area contributed by atoms with Gasteiger partial charge in [0.1, 0.15) is 0 Å². The Morgan fingerprint density at radius 1 is 0.618 bits per heavy atom. The van der Waals surface area contributed by atoms with Crippen molar-refractivity contribution in [2.45, 2.75) is 32.6 Å². The summed E-state index contributed by atoms with van der Waals surface area (Å²) in [6, 6.07) is 31.9. The molecule has 2 aliphatic rings. The van der Waals surface area contributed by atoms with E-state index in [0.717, 1.165) is 6.42 Å². The molecule has 1 unspecified atom stereocenters. The van der Waals surface area contributed by atoms with Gasteiger partial charge in [-0.2, -0.15) is 0 Å². The highest BCUT2D eigenvalue weighted by Gasteiger charge is 2.25. The van der Waals surface area contributed by atoms with Gasteiger partial charge in [0.25, 0.3) is 0 Å². The predicted octanol–water partition coefficient (Wildman–Crippen LogP) is 9.34. The maximum Gasteiger partial charge on any atom is -0.00389 e. The van der Waals surface area contributed by atoms with Crippen LogP contribution in [0.2, 0.25) is 0 Å². The number of allylic oxidation sites excluding steroid dienone is 2. The fourth-order valence-electron chi connectivity index (χ4n) is 6.29. The highest BCUT2D eigenvalue weighted by molar-refractivity contribution is 6.09. The Balaban J connectivity index is 1.58. The normalized spacial score (nSPS) is 17.7. The first-order valence-corrected chi connectivity index (χ1v) is 12.7. The summed E-state index contributed by atoms with van der Waals surface area (Å²) in [5, 5.41) is 8.09. The second-order valence-electron chi connectivity index (χ2n) is 10.0. The minimum atomic E-state index is 0.444. The molecule has 0 bridgehead atoms. The van der Waals surface area contributed by atoms with Gasteiger partial charge in [-0.25, -0.2) is 0 Å². The molecule has 0 aromatic heterocycles. The third-order valence-electron chi connectivity index (χ3n) is 8.04. The first kappa shape index (κ1) is 19.8. The zero-order valence-electron chi connectivity index (χ0n) is 19.6. The first-order chi connectivity index (χ1) is 16.8. The van der Waals surface area contributed by atoms with E-state index in [-0.39, 0.29) is 0 Å². The van der Waals surface area contributed by atoms with Gasteiger partial charge >= 0.3 is 0 Å². The summed E-state index contributed by atoms with van der Waals surface area (Å²) in [7, 11) is 0. The molecule has 5 aromatic rings. The van der Waals surface area contributed by atoms with Crippen LogP contribution in [0.4, 0.5) is 0 Å². The Morgan fingerprint density at radius 3 is 2.21 bits per heavy atom. The number of hydrogen-bond donors (Lipinski definition) is 0. The summed E-state index contributed by atoms with van der Waals surface area (Å²) in [5.41, 5.74) is 8.82. The van der Waals surface area contributed by atoms with Crippen LogP contribution in [-0.4, -0.2) is 0 Å². The molecule has 0 saturated carbocycles. The monoisotopic (exact) mass is 436 g/mol. The van der Waals surface area contributed by atoms with E-state index in [9.17, 15) is 0 Å². The Kier molecular flexibility index (Phi) is 4.49. The lowest BCUT2D eigenvalue weighted by Gasteiger charge is -2.25. The third-order valence-corrected chi connectivity index (χ3v) is 8.04. The van der Waals surface area contributed by atoms with E-state index in [1.807, 2.05) is 0 Å². The number of fused-ring (bicyclic) bond motifs is 9. The SMILES string of the molecule is CC1C=Cc2c(ccc3ccccc23)C2=C1CCCCc1cc3c(ccc4ccccc43)cc12. The predicted molar refractivity (Wildman–Crippen MR) is 147 cm³/mol. The summed E-state index contributed by atoms with van der Waals surface area (Å²) < 4.78 is 0. The van der Waals surface area contributed by atoms with Gasteiger partial charge in [-0.3, -0.25) is 0 Å². The van der Waals surface area contributed by atoms with Crippen LogP contribution in [-0.2, 0) is 6.42 Å². The van der Waals surface area contributed by atoms with Crippen LogP contribution in [0.25, 0.3) is 44.0 Å².